The summed E-state index contributed by atoms with van der Waals surface area (Å²) in [6.45, 7) is 3.20. The first-order valence-corrected chi connectivity index (χ1v) is 7.16. The van der Waals surface area contributed by atoms with E-state index >= 15 is 0 Å². The molecular formula is C12H18FNO3S. The van der Waals surface area contributed by atoms with Gasteiger partial charge >= 0.3 is 0 Å². The molecule has 102 valence electrons. The summed E-state index contributed by atoms with van der Waals surface area (Å²) in [5.74, 6) is -0.636. The van der Waals surface area contributed by atoms with E-state index in [-0.39, 0.29) is 16.5 Å². The molecule has 1 N–H and O–H groups in total. The summed E-state index contributed by atoms with van der Waals surface area (Å²) in [4.78, 5) is -0.173. The second-order valence-corrected chi connectivity index (χ2v) is 6.15. The molecule has 1 aromatic rings. The lowest BCUT2D eigenvalue weighted by atomic mass is 10.2. The van der Waals surface area contributed by atoms with Gasteiger partial charge in [0.15, 0.2) is 0 Å². The molecule has 0 fully saturated rings. The molecule has 0 aliphatic heterocycles. The highest BCUT2D eigenvalue weighted by Gasteiger charge is 2.27. The normalized spacial score (nSPS) is 13.9. The molecule has 0 amide bonds. The van der Waals surface area contributed by atoms with Crippen LogP contribution in [-0.2, 0) is 16.6 Å². The molecule has 0 radical (unpaired) electrons. The summed E-state index contributed by atoms with van der Waals surface area (Å²) in [5, 5.41) is 9.14. The first kappa shape index (κ1) is 15.1. The minimum atomic E-state index is -3.78. The Bertz CT molecular complexity index is 516. The second kappa shape index (κ2) is 5.77. The van der Waals surface area contributed by atoms with Crippen LogP contribution in [0.25, 0.3) is 0 Å². The molecule has 0 saturated carbocycles. The summed E-state index contributed by atoms with van der Waals surface area (Å²) < 4.78 is 39.0. The number of benzene rings is 1. The number of nitrogens with zero attached hydrogens (tertiary/aromatic N) is 1. The van der Waals surface area contributed by atoms with Gasteiger partial charge < -0.3 is 5.11 Å². The van der Waals surface area contributed by atoms with Gasteiger partial charge in [-0.1, -0.05) is 13.0 Å². The molecule has 0 aliphatic carbocycles. The molecule has 0 spiro atoms. The molecule has 0 aliphatic rings. The van der Waals surface area contributed by atoms with Gasteiger partial charge in [0.1, 0.15) is 5.82 Å². The van der Waals surface area contributed by atoms with E-state index < -0.39 is 22.4 Å². The van der Waals surface area contributed by atoms with Crippen LogP contribution in [0.2, 0.25) is 0 Å². The fourth-order valence-electron chi connectivity index (χ4n) is 1.55. The zero-order valence-corrected chi connectivity index (χ0v) is 11.5. The highest BCUT2D eigenvalue weighted by Crippen LogP contribution is 2.22. The van der Waals surface area contributed by atoms with E-state index in [9.17, 15) is 12.8 Å². The third kappa shape index (κ3) is 2.88. The highest BCUT2D eigenvalue weighted by molar-refractivity contribution is 7.89. The Morgan fingerprint density at radius 3 is 2.56 bits per heavy atom. The van der Waals surface area contributed by atoms with Crippen LogP contribution < -0.4 is 0 Å². The number of rotatable bonds is 5. The van der Waals surface area contributed by atoms with Crippen molar-refractivity contribution in [2.45, 2.75) is 37.8 Å². The molecule has 4 nitrogen and oxygen atoms in total. The Labute approximate surface area is 107 Å². The largest absolute Gasteiger partial charge is 0.392 e. The van der Waals surface area contributed by atoms with Crippen molar-refractivity contribution in [3.8, 4) is 0 Å². The maximum Gasteiger partial charge on any atom is 0.243 e. The van der Waals surface area contributed by atoms with Gasteiger partial charge in [0, 0.05) is 13.1 Å². The smallest absolute Gasteiger partial charge is 0.243 e. The van der Waals surface area contributed by atoms with Crippen LogP contribution in [0.3, 0.4) is 0 Å². The summed E-state index contributed by atoms with van der Waals surface area (Å²) in [6, 6.07) is 3.17. The topological polar surface area (TPSA) is 57.6 Å². The lowest BCUT2D eigenvalue weighted by molar-refractivity contribution is 0.277. The molecule has 1 atom stereocenters. The lowest BCUT2D eigenvalue weighted by Crippen LogP contribution is -2.35. The van der Waals surface area contributed by atoms with Crippen molar-refractivity contribution in [3.05, 3.63) is 29.6 Å². The number of aliphatic hydroxyl groups excluding tert-OH is 1. The molecule has 1 aromatic carbocycles. The maximum absolute atomic E-state index is 13.2. The standard InChI is InChI=1S/C12H18FNO3S/c1-4-9(2)14(3)18(16,17)12-7-11(13)6-5-10(12)8-15/h5-7,9,15H,4,8H2,1-3H3. The highest BCUT2D eigenvalue weighted by atomic mass is 32.2. The van der Waals surface area contributed by atoms with Crippen molar-refractivity contribution in [3.63, 3.8) is 0 Å². The van der Waals surface area contributed by atoms with E-state index in [1.807, 2.05) is 6.92 Å². The molecule has 1 unspecified atom stereocenters. The molecule has 0 heterocycles. The monoisotopic (exact) mass is 275 g/mol. The predicted molar refractivity (Wildman–Crippen MR) is 67.0 cm³/mol. The van der Waals surface area contributed by atoms with Gasteiger partial charge in [0.25, 0.3) is 0 Å². The van der Waals surface area contributed by atoms with Gasteiger partial charge in [0.2, 0.25) is 10.0 Å². The molecular weight excluding hydrogens is 257 g/mol. The van der Waals surface area contributed by atoms with Gasteiger partial charge in [0.05, 0.1) is 11.5 Å². The third-order valence-electron chi connectivity index (χ3n) is 3.07. The Balaban J connectivity index is 3.31. The van der Waals surface area contributed by atoms with Gasteiger partial charge in [-0.2, -0.15) is 4.31 Å². The van der Waals surface area contributed by atoms with Crippen LogP contribution in [0.15, 0.2) is 23.1 Å². The summed E-state index contributed by atoms with van der Waals surface area (Å²) >= 11 is 0. The molecule has 0 bridgehead atoms. The zero-order chi connectivity index (χ0) is 13.9. The summed E-state index contributed by atoms with van der Waals surface area (Å²) in [7, 11) is -2.33. The number of sulfonamides is 1. The predicted octanol–water partition coefficient (Wildman–Crippen LogP) is 1.74. The van der Waals surface area contributed by atoms with E-state index in [2.05, 4.69) is 0 Å². The van der Waals surface area contributed by atoms with Gasteiger partial charge in [-0.25, -0.2) is 12.8 Å². The van der Waals surface area contributed by atoms with Crippen molar-refractivity contribution < 1.29 is 17.9 Å². The van der Waals surface area contributed by atoms with Crippen molar-refractivity contribution in [2.24, 2.45) is 0 Å². The molecule has 0 aromatic heterocycles. The SMILES string of the molecule is CCC(C)N(C)S(=O)(=O)c1cc(F)ccc1CO. The minimum absolute atomic E-state index is 0.173. The van der Waals surface area contributed by atoms with Crippen molar-refractivity contribution in [1.82, 2.24) is 4.31 Å². The Hall–Kier alpha value is -0.980. The van der Waals surface area contributed by atoms with Crippen molar-refractivity contribution >= 4 is 10.0 Å². The van der Waals surface area contributed by atoms with Crippen LogP contribution >= 0.6 is 0 Å². The first-order valence-electron chi connectivity index (χ1n) is 5.71. The first-order chi connectivity index (χ1) is 8.34. The molecule has 1 rings (SSSR count). The summed E-state index contributed by atoms with van der Waals surface area (Å²) in [5.41, 5.74) is 0.201. The zero-order valence-electron chi connectivity index (χ0n) is 10.7. The number of hydrogen-bond donors (Lipinski definition) is 1. The van der Waals surface area contributed by atoms with E-state index in [1.165, 1.54) is 17.4 Å². The molecule has 0 saturated heterocycles. The van der Waals surface area contributed by atoms with Crippen LogP contribution in [-0.4, -0.2) is 30.9 Å². The third-order valence-corrected chi connectivity index (χ3v) is 5.12. The Kier molecular flexibility index (Phi) is 4.84. The Morgan fingerprint density at radius 1 is 1.44 bits per heavy atom. The summed E-state index contributed by atoms with van der Waals surface area (Å²) in [6.07, 6.45) is 0.652. The van der Waals surface area contributed by atoms with Crippen LogP contribution in [0.5, 0.6) is 0 Å². The van der Waals surface area contributed by atoms with Crippen LogP contribution in [0.4, 0.5) is 4.39 Å². The number of hydrogen-bond acceptors (Lipinski definition) is 3. The van der Waals surface area contributed by atoms with E-state index in [4.69, 9.17) is 5.11 Å². The number of halogens is 1. The van der Waals surface area contributed by atoms with Gasteiger partial charge in [-0.3, -0.25) is 0 Å². The number of aliphatic hydroxyl groups is 1. The van der Waals surface area contributed by atoms with Crippen LogP contribution in [0.1, 0.15) is 25.8 Å². The van der Waals surface area contributed by atoms with Crippen molar-refractivity contribution in [1.29, 1.82) is 0 Å². The minimum Gasteiger partial charge on any atom is -0.392 e. The molecule has 18 heavy (non-hydrogen) atoms. The second-order valence-electron chi connectivity index (χ2n) is 4.19. The van der Waals surface area contributed by atoms with Crippen LogP contribution in [0, 0.1) is 5.82 Å². The van der Waals surface area contributed by atoms with Gasteiger partial charge in [-0.05, 0) is 31.0 Å². The quantitative estimate of drug-likeness (QED) is 0.890. The molecule has 6 heteroatoms. The average molecular weight is 275 g/mol. The fourth-order valence-corrected chi connectivity index (χ4v) is 3.21. The van der Waals surface area contributed by atoms with Crippen molar-refractivity contribution in [2.75, 3.05) is 7.05 Å². The van der Waals surface area contributed by atoms with E-state index in [0.29, 0.717) is 6.42 Å². The van der Waals surface area contributed by atoms with Gasteiger partial charge in [-0.15, -0.1) is 0 Å². The maximum atomic E-state index is 13.2. The Morgan fingerprint density at radius 2 is 2.06 bits per heavy atom. The van der Waals surface area contributed by atoms with E-state index in [0.717, 1.165) is 12.1 Å². The fraction of sp³-hybridized carbons (Fsp3) is 0.500. The average Bonchev–Trinajstić information content (AvgIpc) is 2.36. The lowest BCUT2D eigenvalue weighted by Gasteiger charge is -2.24. The van der Waals surface area contributed by atoms with E-state index in [1.54, 1.807) is 6.92 Å².